The molecule has 3 aromatic carbocycles. The number of hydrogen-bond acceptors (Lipinski definition) is 4. The maximum absolute atomic E-state index is 12.6. The van der Waals surface area contributed by atoms with Crippen molar-refractivity contribution >= 4 is 38.9 Å². The Labute approximate surface area is 193 Å². The van der Waals surface area contributed by atoms with Crippen LogP contribution in [0.1, 0.15) is 23.6 Å². The molecule has 0 bridgehead atoms. The Morgan fingerprint density at radius 3 is 2.31 bits per heavy atom. The normalized spacial score (nSPS) is 12.2. The van der Waals surface area contributed by atoms with Gasteiger partial charge in [-0.05, 0) is 86.8 Å². The van der Waals surface area contributed by atoms with E-state index in [-0.39, 0.29) is 10.8 Å². The first-order valence-electron chi connectivity index (χ1n) is 9.99. The summed E-state index contributed by atoms with van der Waals surface area (Å²) in [4.78, 5) is 12.6. The number of sulfonamides is 1. The Hall–Kier alpha value is -3.03. The standard InChI is InChI=1S/C24H25ClN2O4S/c1-15-13-16(2)17(3)23(14-15)31-18(4)24(28)26-19-9-11-20(12-10-19)32(29,30)27-22-8-6-5-7-21(22)25/h5-14,18,27H,1-4H3,(H,26,28). The van der Waals surface area contributed by atoms with Gasteiger partial charge in [0.2, 0.25) is 0 Å². The molecule has 32 heavy (non-hydrogen) atoms. The van der Waals surface area contributed by atoms with Crippen LogP contribution in [0, 0.1) is 20.8 Å². The summed E-state index contributed by atoms with van der Waals surface area (Å²) in [5.74, 6) is 0.325. The zero-order valence-corrected chi connectivity index (χ0v) is 19.8. The van der Waals surface area contributed by atoms with Crippen LogP contribution in [0.5, 0.6) is 5.75 Å². The van der Waals surface area contributed by atoms with E-state index in [0.717, 1.165) is 16.7 Å². The molecule has 0 saturated carbocycles. The lowest BCUT2D eigenvalue weighted by atomic mass is 10.1. The van der Waals surface area contributed by atoms with Gasteiger partial charge in [-0.3, -0.25) is 9.52 Å². The zero-order chi connectivity index (χ0) is 23.5. The first-order chi connectivity index (χ1) is 15.1. The molecular formula is C24H25ClN2O4S. The summed E-state index contributed by atoms with van der Waals surface area (Å²) in [6, 6.07) is 16.4. The van der Waals surface area contributed by atoms with Gasteiger partial charge in [-0.2, -0.15) is 0 Å². The maximum atomic E-state index is 12.6. The Kier molecular flexibility index (Phi) is 7.11. The number of benzene rings is 3. The van der Waals surface area contributed by atoms with E-state index < -0.39 is 16.1 Å². The van der Waals surface area contributed by atoms with Crippen LogP contribution in [-0.4, -0.2) is 20.4 Å². The highest BCUT2D eigenvalue weighted by Crippen LogP contribution is 2.26. The molecule has 2 N–H and O–H groups in total. The second kappa shape index (κ2) is 9.63. The van der Waals surface area contributed by atoms with Crippen molar-refractivity contribution in [1.29, 1.82) is 0 Å². The number of amides is 1. The number of carbonyl (C=O) groups excluding carboxylic acids is 1. The lowest BCUT2D eigenvalue weighted by Gasteiger charge is -2.18. The third-order valence-electron chi connectivity index (χ3n) is 4.99. The summed E-state index contributed by atoms with van der Waals surface area (Å²) in [6.07, 6.45) is -0.736. The van der Waals surface area contributed by atoms with Gasteiger partial charge >= 0.3 is 0 Å². The van der Waals surface area contributed by atoms with Crippen molar-refractivity contribution in [2.24, 2.45) is 0 Å². The summed E-state index contributed by atoms with van der Waals surface area (Å²) in [5, 5.41) is 3.05. The van der Waals surface area contributed by atoms with E-state index in [2.05, 4.69) is 16.1 Å². The molecule has 168 valence electrons. The molecule has 0 radical (unpaired) electrons. The van der Waals surface area contributed by atoms with E-state index >= 15 is 0 Å². The quantitative estimate of drug-likeness (QED) is 0.477. The van der Waals surface area contributed by atoms with Gasteiger partial charge in [-0.15, -0.1) is 0 Å². The minimum Gasteiger partial charge on any atom is -0.481 e. The molecule has 0 saturated heterocycles. The number of ether oxygens (including phenoxy) is 1. The van der Waals surface area contributed by atoms with Crippen molar-refractivity contribution in [3.8, 4) is 5.75 Å². The first-order valence-corrected chi connectivity index (χ1v) is 11.9. The van der Waals surface area contributed by atoms with Crippen molar-refractivity contribution in [3.05, 3.63) is 82.4 Å². The fraction of sp³-hybridized carbons (Fsp3) is 0.208. The van der Waals surface area contributed by atoms with Crippen LogP contribution in [0.4, 0.5) is 11.4 Å². The number of rotatable bonds is 7. The Balaban J connectivity index is 1.67. The van der Waals surface area contributed by atoms with E-state index in [1.54, 1.807) is 31.2 Å². The van der Waals surface area contributed by atoms with Gasteiger partial charge in [-0.1, -0.05) is 29.8 Å². The molecule has 6 nitrogen and oxygen atoms in total. The second-order valence-electron chi connectivity index (χ2n) is 7.56. The van der Waals surface area contributed by atoms with Gasteiger partial charge in [0.05, 0.1) is 15.6 Å². The molecule has 3 rings (SSSR count). The lowest BCUT2D eigenvalue weighted by Crippen LogP contribution is -2.30. The molecule has 0 aromatic heterocycles. The summed E-state index contributed by atoms with van der Waals surface area (Å²) < 4.78 is 33.5. The van der Waals surface area contributed by atoms with E-state index in [9.17, 15) is 13.2 Å². The van der Waals surface area contributed by atoms with Crippen LogP contribution < -0.4 is 14.8 Å². The second-order valence-corrected chi connectivity index (χ2v) is 9.65. The molecule has 0 aliphatic carbocycles. The van der Waals surface area contributed by atoms with Gasteiger partial charge in [0.25, 0.3) is 15.9 Å². The Bertz CT molecular complexity index is 1240. The molecule has 0 aliphatic heterocycles. The minimum atomic E-state index is -3.82. The van der Waals surface area contributed by atoms with Crippen molar-refractivity contribution in [1.82, 2.24) is 0 Å². The van der Waals surface area contributed by atoms with Crippen molar-refractivity contribution < 1.29 is 17.9 Å². The van der Waals surface area contributed by atoms with Crippen LogP contribution in [-0.2, 0) is 14.8 Å². The zero-order valence-electron chi connectivity index (χ0n) is 18.3. The highest BCUT2D eigenvalue weighted by Gasteiger charge is 2.19. The SMILES string of the molecule is Cc1cc(C)c(C)c(OC(C)C(=O)Nc2ccc(S(=O)(=O)Nc3ccccc3Cl)cc2)c1. The van der Waals surface area contributed by atoms with Crippen molar-refractivity contribution in [2.75, 3.05) is 10.0 Å². The van der Waals surface area contributed by atoms with Crippen molar-refractivity contribution in [2.45, 2.75) is 38.7 Å². The molecule has 0 spiro atoms. The molecule has 0 fully saturated rings. The number of carbonyl (C=O) groups is 1. The summed E-state index contributed by atoms with van der Waals surface area (Å²) >= 11 is 6.03. The van der Waals surface area contributed by atoms with E-state index in [4.69, 9.17) is 16.3 Å². The summed E-state index contributed by atoms with van der Waals surface area (Å²) in [6.45, 7) is 7.58. The van der Waals surface area contributed by atoms with Crippen molar-refractivity contribution in [3.63, 3.8) is 0 Å². The summed E-state index contributed by atoms with van der Waals surface area (Å²) in [5.41, 5.74) is 3.88. The molecule has 8 heteroatoms. The predicted octanol–water partition coefficient (Wildman–Crippen LogP) is 5.47. The number of anilines is 2. The smallest absolute Gasteiger partial charge is 0.265 e. The third kappa shape index (κ3) is 5.60. The number of nitrogens with one attached hydrogen (secondary N) is 2. The topological polar surface area (TPSA) is 84.5 Å². The van der Waals surface area contributed by atoms with Crippen LogP contribution in [0.25, 0.3) is 0 Å². The van der Waals surface area contributed by atoms with Gasteiger partial charge in [0.1, 0.15) is 5.75 Å². The maximum Gasteiger partial charge on any atom is 0.265 e. The molecule has 3 aromatic rings. The molecule has 0 heterocycles. The third-order valence-corrected chi connectivity index (χ3v) is 6.70. The van der Waals surface area contributed by atoms with Gasteiger partial charge in [0, 0.05) is 5.69 Å². The molecule has 1 unspecified atom stereocenters. The van der Waals surface area contributed by atoms with E-state index in [1.165, 1.54) is 24.3 Å². The number of hydrogen-bond donors (Lipinski definition) is 2. The van der Waals surface area contributed by atoms with Crippen LogP contribution in [0.2, 0.25) is 5.02 Å². The Morgan fingerprint density at radius 2 is 1.66 bits per heavy atom. The predicted molar refractivity (Wildman–Crippen MR) is 128 cm³/mol. The van der Waals surface area contributed by atoms with Gasteiger partial charge < -0.3 is 10.1 Å². The lowest BCUT2D eigenvalue weighted by molar-refractivity contribution is -0.122. The molecule has 0 aliphatic rings. The number of para-hydroxylation sites is 1. The molecular weight excluding hydrogens is 448 g/mol. The van der Waals surface area contributed by atoms with Crippen LogP contribution >= 0.6 is 11.6 Å². The highest BCUT2D eigenvalue weighted by atomic mass is 35.5. The van der Waals surface area contributed by atoms with Crippen LogP contribution in [0.15, 0.2) is 65.6 Å². The van der Waals surface area contributed by atoms with E-state index in [1.807, 2.05) is 26.8 Å². The minimum absolute atomic E-state index is 0.0468. The van der Waals surface area contributed by atoms with Gasteiger partial charge in [0.15, 0.2) is 6.10 Å². The highest BCUT2D eigenvalue weighted by molar-refractivity contribution is 7.92. The molecule has 1 atom stereocenters. The monoisotopic (exact) mass is 472 g/mol. The van der Waals surface area contributed by atoms with E-state index in [0.29, 0.717) is 22.1 Å². The first kappa shape index (κ1) is 23.6. The average Bonchev–Trinajstić information content (AvgIpc) is 2.73. The Morgan fingerprint density at radius 1 is 1.00 bits per heavy atom. The number of aryl methyl sites for hydroxylation is 2. The fourth-order valence-electron chi connectivity index (χ4n) is 3.08. The largest absolute Gasteiger partial charge is 0.481 e. The average molecular weight is 473 g/mol. The van der Waals surface area contributed by atoms with Crippen LogP contribution in [0.3, 0.4) is 0 Å². The van der Waals surface area contributed by atoms with Gasteiger partial charge in [-0.25, -0.2) is 8.42 Å². The fourth-order valence-corrected chi connectivity index (χ4v) is 4.39. The molecule has 1 amide bonds. The number of halogens is 1. The summed E-state index contributed by atoms with van der Waals surface area (Å²) in [7, 11) is -3.82.